The van der Waals surface area contributed by atoms with Crippen LogP contribution < -0.4 is 11.5 Å². The Labute approximate surface area is 92.7 Å². The highest BCUT2D eigenvalue weighted by Gasteiger charge is 2.02. The van der Waals surface area contributed by atoms with Crippen LogP contribution in [-0.2, 0) is 0 Å². The van der Waals surface area contributed by atoms with Crippen molar-refractivity contribution >= 4 is 33.2 Å². The molecule has 0 saturated heterocycles. The number of anilines is 2. The van der Waals surface area contributed by atoms with Crippen LogP contribution in [-0.4, -0.2) is 4.98 Å². The maximum absolute atomic E-state index is 5.89. The molecule has 0 fully saturated rings. The Balaban J connectivity index is 2.49. The van der Waals surface area contributed by atoms with E-state index in [0.29, 0.717) is 11.4 Å². The van der Waals surface area contributed by atoms with E-state index in [0.717, 1.165) is 21.8 Å². The van der Waals surface area contributed by atoms with Crippen molar-refractivity contribution < 1.29 is 0 Å². The smallest absolute Gasteiger partial charge is 0.0938 e. The van der Waals surface area contributed by atoms with E-state index in [2.05, 4.69) is 11.1 Å². The van der Waals surface area contributed by atoms with Gasteiger partial charge in [-0.15, -0.1) is 0 Å². The minimum Gasteiger partial charge on any atom is -0.399 e. The van der Waals surface area contributed by atoms with E-state index in [1.807, 2.05) is 36.4 Å². The molecule has 0 bridgehead atoms. The van der Waals surface area contributed by atoms with Gasteiger partial charge in [0.2, 0.25) is 0 Å². The summed E-state index contributed by atoms with van der Waals surface area (Å²) in [5, 5.41) is 2.13. The number of nitrogen functional groups attached to an aromatic ring is 2. The lowest BCUT2D eigenvalue weighted by Crippen LogP contribution is -1.91. The maximum Gasteiger partial charge on any atom is 0.0938 e. The maximum atomic E-state index is 5.89. The molecule has 0 aliphatic rings. The van der Waals surface area contributed by atoms with Gasteiger partial charge in [0, 0.05) is 16.5 Å². The molecule has 16 heavy (non-hydrogen) atoms. The Morgan fingerprint density at radius 3 is 2.62 bits per heavy atom. The van der Waals surface area contributed by atoms with E-state index < -0.39 is 0 Å². The number of pyridine rings is 1. The molecule has 1 aromatic heterocycles. The average Bonchev–Trinajstić information content (AvgIpc) is 2.28. The minimum atomic E-state index is 0.696. The monoisotopic (exact) mass is 209 g/mol. The predicted molar refractivity (Wildman–Crippen MR) is 68.1 cm³/mol. The summed E-state index contributed by atoms with van der Waals surface area (Å²) < 4.78 is 0. The fourth-order valence-electron chi connectivity index (χ4n) is 1.89. The topological polar surface area (TPSA) is 64.9 Å². The van der Waals surface area contributed by atoms with E-state index in [4.69, 9.17) is 11.5 Å². The molecule has 0 radical (unpaired) electrons. The van der Waals surface area contributed by atoms with Gasteiger partial charge in [0.25, 0.3) is 0 Å². The molecule has 0 aliphatic carbocycles. The molecule has 0 saturated carbocycles. The van der Waals surface area contributed by atoms with E-state index in [9.17, 15) is 0 Å². The second kappa shape index (κ2) is 3.10. The molecule has 2 aromatic carbocycles. The van der Waals surface area contributed by atoms with E-state index in [1.54, 1.807) is 0 Å². The summed E-state index contributed by atoms with van der Waals surface area (Å²) in [7, 11) is 0. The second-order valence-corrected chi connectivity index (χ2v) is 3.86. The van der Waals surface area contributed by atoms with Gasteiger partial charge < -0.3 is 11.5 Å². The van der Waals surface area contributed by atoms with Crippen LogP contribution >= 0.6 is 0 Å². The second-order valence-electron chi connectivity index (χ2n) is 3.86. The molecule has 0 amide bonds. The Morgan fingerprint density at radius 1 is 0.875 bits per heavy atom. The van der Waals surface area contributed by atoms with Crippen LogP contribution in [0.4, 0.5) is 11.4 Å². The molecule has 3 aromatic rings. The summed E-state index contributed by atoms with van der Waals surface area (Å²) in [5.41, 5.74) is 14.8. The highest BCUT2D eigenvalue weighted by atomic mass is 14.7. The van der Waals surface area contributed by atoms with Crippen LogP contribution in [0.5, 0.6) is 0 Å². The summed E-state index contributed by atoms with van der Waals surface area (Å²) in [6.45, 7) is 0. The van der Waals surface area contributed by atoms with Gasteiger partial charge in [0.1, 0.15) is 0 Å². The number of fused-ring (bicyclic) bond motifs is 2. The van der Waals surface area contributed by atoms with Gasteiger partial charge in [0.05, 0.1) is 16.7 Å². The first-order chi connectivity index (χ1) is 7.74. The first-order valence-corrected chi connectivity index (χ1v) is 5.08. The molecular formula is C13H11N3. The van der Waals surface area contributed by atoms with E-state index in [-0.39, 0.29) is 0 Å². The molecule has 78 valence electrons. The van der Waals surface area contributed by atoms with Gasteiger partial charge in [0.15, 0.2) is 0 Å². The highest BCUT2D eigenvalue weighted by molar-refractivity contribution is 5.98. The number of para-hydroxylation sites is 1. The van der Waals surface area contributed by atoms with Gasteiger partial charge >= 0.3 is 0 Å². The van der Waals surface area contributed by atoms with Crippen molar-refractivity contribution in [1.82, 2.24) is 4.98 Å². The third kappa shape index (κ3) is 1.26. The standard InChI is InChI=1S/C13H11N3/c14-10-5-4-8-6-9-2-1-3-11(15)13(9)16-12(8)7-10/h1-7H,14-15H2. The van der Waals surface area contributed by atoms with Crippen molar-refractivity contribution in [2.75, 3.05) is 11.5 Å². The summed E-state index contributed by atoms with van der Waals surface area (Å²) in [4.78, 5) is 4.53. The van der Waals surface area contributed by atoms with E-state index in [1.165, 1.54) is 0 Å². The lowest BCUT2D eigenvalue weighted by Gasteiger charge is -2.04. The van der Waals surface area contributed by atoms with Crippen LogP contribution in [0.25, 0.3) is 21.8 Å². The molecule has 3 heteroatoms. The largest absolute Gasteiger partial charge is 0.399 e. The normalized spacial score (nSPS) is 11.0. The Bertz CT molecular complexity index is 689. The Kier molecular flexibility index (Phi) is 1.74. The Hall–Kier alpha value is -2.29. The van der Waals surface area contributed by atoms with Crippen molar-refractivity contribution in [2.45, 2.75) is 0 Å². The van der Waals surface area contributed by atoms with Crippen molar-refractivity contribution in [3.05, 3.63) is 42.5 Å². The number of nitrogens with two attached hydrogens (primary N) is 2. The van der Waals surface area contributed by atoms with Crippen LogP contribution in [0.15, 0.2) is 42.5 Å². The van der Waals surface area contributed by atoms with Crippen molar-refractivity contribution in [3.63, 3.8) is 0 Å². The summed E-state index contributed by atoms with van der Waals surface area (Å²) in [6, 6.07) is 13.6. The quantitative estimate of drug-likeness (QED) is 0.441. The van der Waals surface area contributed by atoms with Crippen molar-refractivity contribution in [2.24, 2.45) is 0 Å². The number of nitrogens with zero attached hydrogens (tertiary/aromatic N) is 1. The molecule has 4 N–H and O–H groups in total. The van der Waals surface area contributed by atoms with Gasteiger partial charge in [-0.05, 0) is 24.3 Å². The van der Waals surface area contributed by atoms with Crippen LogP contribution in [0.1, 0.15) is 0 Å². The molecule has 0 spiro atoms. The zero-order valence-electron chi connectivity index (χ0n) is 8.64. The van der Waals surface area contributed by atoms with Crippen molar-refractivity contribution in [3.8, 4) is 0 Å². The van der Waals surface area contributed by atoms with Crippen LogP contribution in [0, 0.1) is 0 Å². The fraction of sp³-hybridized carbons (Fsp3) is 0. The number of rotatable bonds is 0. The zero-order valence-corrected chi connectivity index (χ0v) is 8.64. The summed E-state index contributed by atoms with van der Waals surface area (Å²) in [6.07, 6.45) is 0. The average molecular weight is 209 g/mol. The number of aromatic nitrogens is 1. The first-order valence-electron chi connectivity index (χ1n) is 5.08. The molecule has 0 atom stereocenters. The third-order valence-corrected chi connectivity index (χ3v) is 2.70. The number of benzene rings is 2. The van der Waals surface area contributed by atoms with Gasteiger partial charge in [-0.1, -0.05) is 18.2 Å². The van der Waals surface area contributed by atoms with Crippen molar-refractivity contribution in [1.29, 1.82) is 0 Å². The SMILES string of the molecule is Nc1ccc2cc3cccc(N)c3nc2c1. The highest BCUT2D eigenvalue weighted by Crippen LogP contribution is 2.24. The lowest BCUT2D eigenvalue weighted by atomic mass is 10.1. The molecular weight excluding hydrogens is 198 g/mol. The third-order valence-electron chi connectivity index (χ3n) is 2.70. The van der Waals surface area contributed by atoms with Crippen LogP contribution in [0.2, 0.25) is 0 Å². The first kappa shape index (κ1) is 8.97. The van der Waals surface area contributed by atoms with Gasteiger partial charge in [-0.25, -0.2) is 4.98 Å². The minimum absolute atomic E-state index is 0.696. The summed E-state index contributed by atoms with van der Waals surface area (Å²) in [5.74, 6) is 0. The molecule has 1 heterocycles. The molecule has 3 nitrogen and oxygen atoms in total. The van der Waals surface area contributed by atoms with Gasteiger partial charge in [-0.2, -0.15) is 0 Å². The Morgan fingerprint density at radius 2 is 1.75 bits per heavy atom. The fourth-order valence-corrected chi connectivity index (χ4v) is 1.89. The number of hydrogen-bond donors (Lipinski definition) is 2. The van der Waals surface area contributed by atoms with Crippen LogP contribution in [0.3, 0.4) is 0 Å². The zero-order chi connectivity index (χ0) is 11.1. The molecule has 0 unspecified atom stereocenters. The van der Waals surface area contributed by atoms with Gasteiger partial charge in [-0.3, -0.25) is 0 Å². The number of hydrogen-bond acceptors (Lipinski definition) is 3. The predicted octanol–water partition coefficient (Wildman–Crippen LogP) is 2.55. The molecule has 0 aliphatic heterocycles. The summed E-state index contributed by atoms with van der Waals surface area (Å²) >= 11 is 0. The molecule has 3 rings (SSSR count). The lowest BCUT2D eigenvalue weighted by molar-refractivity contribution is 1.50. The van der Waals surface area contributed by atoms with E-state index >= 15 is 0 Å².